The number of hydrogen-bond donors (Lipinski definition) is 1. The van der Waals surface area contributed by atoms with Gasteiger partial charge in [0.25, 0.3) is 10.2 Å². The van der Waals surface area contributed by atoms with Crippen molar-refractivity contribution in [1.29, 1.82) is 0 Å². The summed E-state index contributed by atoms with van der Waals surface area (Å²) in [5, 5.41) is 0. The van der Waals surface area contributed by atoms with E-state index in [-0.39, 0.29) is 6.04 Å². The fourth-order valence-corrected chi connectivity index (χ4v) is 5.40. The molecule has 0 unspecified atom stereocenters. The lowest BCUT2D eigenvalue weighted by Gasteiger charge is -2.37. The predicted molar refractivity (Wildman–Crippen MR) is 81.5 cm³/mol. The van der Waals surface area contributed by atoms with Gasteiger partial charge in [-0.3, -0.25) is 0 Å². The Bertz CT molecular complexity index is 545. The molecular formula is C12H25N3O4S2. The van der Waals surface area contributed by atoms with Gasteiger partial charge in [0.15, 0.2) is 0 Å². The largest absolute Gasteiger partial charge is 0.281 e. The highest BCUT2D eigenvalue weighted by molar-refractivity contribution is 7.88. The normalized spacial score (nSPS) is 25.2. The summed E-state index contributed by atoms with van der Waals surface area (Å²) >= 11 is 0. The minimum Gasteiger partial charge on any atom is -0.213 e. The summed E-state index contributed by atoms with van der Waals surface area (Å²) < 4.78 is 53.1. The van der Waals surface area contributed by atoms with Crippen LogP contribution in [0.3, 0.4) is 0 Å². The van der Waals surface area contributed by atoms with Gasteiger partial charge in [0.1, 0.15) is 0 Å². The molecule has 1 N–H and O–H groups in total. The zero-order valence-corrected chi connectivity index (χ0v) is 14.3. The molecule has 2 fully saturated rings. The van der Waals surface area contributed by atoms with Crippen LogP contribution in [0.4, 0.5) is 0 Å². The molecule has 0 spiro atoms. The van der Waals surface area contributed by atoms with E-state index < -0.39 is 20.2 Å². The van der Waals surface area contributed by atoms with E-state index in [9.17, 15) is 16.8 Å². The number of hydrogen-bond acceptors (Lipinski definition) is 4. The molecule has 0 saturated carbocycles. The number of sulfonamides is 1. The zero-order chi connectivity index (χ0) is 15.7. The minimum absolute atomic E-state index is 0.159. The topological polar surface area (TPSA) is 86.8 Å². The van der Waals surface area contributed by atoms with Gasteiger partial charge in [-0.25, -0.2) is 13.1 Å². The standard InChI is InChI=1S/C12H25N3O4S2/c1-11-3-7-14(8-4-11)21(18,19)15-9-5-12(6-10-15)13-20(2,16)17/h11-13H,3-10H2,1-2H3. The van der Waals surface area contributed by atoms with Crippen molar-refractivity contribution >= 4 is 20.2 Å². The first-order valence-corrected chi connectivity index (χ1v) is 10.7. The highest BCUT2D eigenvalue weighted by atomic mass is 32.2. The van der Waals surface area contributed by atoms with Crippen LogP contribution in [0.1, 0.15) is 32.6 Å². The third kappa shape index (κ3) is 4.62. The highest BCUT2D eigenvalue weighted by Gasteiger charge is 2.34. The van der Waals surface area contributed by atoms with E-state index in [4.69, 9.17) is 0 Å². The van der Waals surface area contributed by atoms with Gasteiger partial charge in [-0.05, 0) is 31.6 Å². The zero-order valence-electron chi connectivity index (χ0n) is 12.7. The van der Waals surface area contributed by atoms with E-state index >= 15 is 0 Å². The molecule has 0 radical (unpaired) electrons. The Morgan fingerprint density at radius 3 is 1.71 bits per heavy atom. The Morgan fingerprint density at radius 2 is 1.29 bits per heavy atom. The summed E-state index contributed by atoms with van der Waals surface area (Å²) in [5.74, 6) is 0.584. The molecule has 0 aromatic carbocycles. The van der Waals surface area contributed by atoms with Crippen molar-refractivity contribution in [3.05, 3.63) is 0 Å². The molecule has 2 saturated heterocycles. The van der Waals surface area contributed by atoms with Crippen molar-refractivity contribution in [2.45, 2.75) is 38.6 Å². The quantitative estimate of drug-likeness (QED) is 0.780. The first-order chi connectivity index (χ1) is 9.68. The Kier molecular flexibility index (Phi) is 5.30. The van der Waals surface area contributed by atoms with Crippen LogP contribution in [0, 0.1) is 5.92 Å². The van der Waals surface area contributed by atoms with E-state index in [0.29, 0.717) is 44.9 Å². The molecule has 0 aromatic rings. The maximum atomic E-state index is 12.6. The summed E-state index contributed by atoms with van der Waals surface area (Å²) in [4.78, 5) is 0. The molecule has 7 nitrogen and oxygen atoms in total. The van der Waals surface area contributed by atoms with Crippen molar-refractivity contribution in [3.63, 3.8) is 0 Å². The molecule has 2 heterocycles. The predicted octanol–water partition coefficient (Wildman–Crippen LogP) is -0.0233. The van der Waals surface area contributed by atoms with Crippen LogP contribution in [0.25, 0.3) is 0 Å². The van der Waals surface area contributed by atoms with Crippen LogP contribution in [-0.4, -0.2) is 63.9 Å². The molecule has 0 amide bonds. The van der Waals surface area contributed by atoms with Gasteiger partial charge in [-0.15, -0.1) is 0 Å². The second kappa shape index (κ2) is 6.49. The van der Waals surface area contributed by atoms with E-state index in [1.54, 1.807) is 4.31 Å². The fourth-order valence-electron chi connectivity index (χ4n) is 2.89. The number of piperidine rings is 2. The summed E-state index contributed by atoms with van der Waals surface area (Å²) in [6.45, 7) is 4.07. The third-order valence-corrected chi connectivity index (χ3v) is 7.03. The number of nitrogens with zero attached hydrogens (tertiary/aromatic N) is 2. The van der Waals surface area contributed by atoms with Gasteiger partial charge in [0.05, 0.1) is 6.26 Å². The Balaban J connectivity index is 1.92. The smallest absolute Gasteiger partial charge is 0.213 e. The molecule has 2 aliphatic heterocycles. The van der Waals surface area contributed by atoms with Gasteiger partial charge in [-0.2, -0.15) is 17.0 Å². The molecule has 0 atom stereocenters. The van der Waals surface area contributed by atoms with Crippen LogP contribution in [0.5, 0.6) is 0 Å². The SMILES string of the molecule is CC1CCN(S(=O)(=O)N2CCC(NS(C)(=O)=O)CC2)CC1. The summed E-state index contributed by atoms with van der Waals surface area (Å²) in [5.41, 5.74) is 0. The first-order valence-electron chi connectivity index (χ1n) is 7.41. The molecule has 9 heteroatoms. The fraction of sp³-hybridized carbons (Fsp3) is 1.00. The van der Waals surface area contributed by atoms with Crippen molar-refractivity contribution in [3.8, 4) is 0 Å². The van der Waals surface area contributed by atoms with Gasteiger partial charge < -0.3 is 0 Å². The van der Waals surface area contributed by atoms with E-state index in [2.05, 4.69) is 11.6 Å². The average molecular weight is 339 g/mol. The lowest BCUT2D eigenvalue weighted by Crippen LogP contribution is -2.52. The molecule has 124 valence electrons. The van der Waals surface area contributed by atoms with Crippen molar-refractivity contribution in [2.75, 3.05) is 32.4 Å². The van der Waals surface area contributed by atoms with Crippen LogP contribution >= 0.6 is 0 Å². The Hall–Kier alpha value is -0.220. The minimum atomic E-state index is -3.39. The number of rotatable bonds is 4. The number of nitrogens with one attached hydrogen (secondary N) is 1. The maximum Gasteiger partial charge on any atom is 0.281 e. The van der Waals surface area contributed by atoms with Crippen molar-refractivity contribution in [2.24, 2.45) is 5.92 Å². The second-order valence-corrected chi connectivity index (χ2v) is 9.86. The molecular weight excluding hydrogens is 314 g/mol. The Morgan fingerprint density at radius 1 is 0.857 bits per heavy atom. The first kappa shape index (κ1) is 17.1. The molecule has 0 bridgehead atoms. The van der Waals surface area contributed by atoms with E-state index in [1.807, 2.05) is 0 Å². The van der Waals surface area contributed by atoms with Crippen LogP contribution in [0.2, 0.25) is 0 Å². The van der Waals surface area contributed by atoms with Gasteiger partial charge in [0, 0.05) is 32.2 Å². The van der Waals surface area contributed by atoms with Gasteiger partial charge >= 0.3 is 0 Å². The summed E-state index contributed by atoms with van der Waals surface area (Å²) in [6, 6.07) is -0.159. The van der Waals surface area contributed by atoms with Crippen molar-refractivity contribution < 1.29 is 16.8 Å². The summed E-state index contributed by atoms with van der Waals surface area (Å²) in [7, 11) is -6.62. The average Bonchev–Trinajstić information content (AvgIpc) is 2.38. The monoisotopic (exact) mass is 339 g/mol. The van der Waals surface area contributed by atoms with Crippen molar-refractivity contribution in [1.82, 2.24) is 13.3 Å². The van der Waals surface area contributed by atoms with Gasteiger partial charge in [-0.1, -0.05) is 6.92 Å². The lowest BCUT2D eigenvalue weighted by molar-refractivity contribution is 0.245. The maximum absolute atomic E-state index is 12.6. The molecule has 2 aliphatic rings. The van der Waals surface area contributed by atoms with Crippen LogP contribution in [-0.2, 0) is 20.2 Å². The van der Waals surface area contributed by atoms with Crippen LogP contribution in [0.15, 0.2) is 0 Å². The molecule has 0 aliphatic carbocycles. The summed E-state index contributed by atoms with van der Waals surface area (Å²) in [6.07, 6.45) is 3.99. The van der Waals surface area contributed by atoms with Gasteiger partial charge in [0.2, 0.25) is 10.0 Å². The second-order valence-electron chi connectivity index (χ2n) is 6.15. The Labute approximate surface area is 127 Å². The third-order valence-electron chi connectivity index (χ3n) is 4.23. The lowest BCUT2D eigenvalue weighted by atomic mass is 10.0. The molecule has 2 rings (SSSR count). The van der Waals surface area contributed by atoms with E-state index in [0.717, 1.165) is 19.1 Å². The molecule has 0 aromatic heterocycles. The molecule has 21 heavy (non-hydrogen) atoms. The highest BCUT2D eigenvalue weighted by Crippen LogP contribution is 2.23. The van der Waals surface area contributed by atoms with E-state index in [1.165, 1.54) is 4.31 Å². The van der Waals surface area contributed by atoms with Crippen LogP contribution < -0.4 is 4.72 Å².